The average Bonchev–Trinajstić information content (AvgIpc) is 3.09. The van der Waals surface area contributed by atoms with Crippen LogP contribution in [-0.4, -0.2) is 30.5 Å². The first kappa shape index (κ1) is 18.8. The number of amides is 1. The minimum atomic E-state index is -0.458. The number of hydrogen-bond donors (Lipinski definition) is 1. The van der Waals surface area contributed by atoms with Crippen molar-refractivity contribution in [3.05, 3.63) is 46.9 Å². The molecule has 0 aliphatic rings. The van der Waals surface area contributed by atoms with Crippen LogP contribution in [0.5, 0.6) is 0 Å². The van der Waals surface area contributed by atoms with Gasteiger partial charge in [0.25, 0.3) is 0 Å². The van der Waals surface area contributed by atoms with Crippen molar-refractivity contribution in [3.8, 4) is 17.2 Å². The van der Waals surface area contributed by atoms with Gasteiger partial charge in [-0.05, 0) is 59.2 Å². The van der Waals surface area contributed by atoms with Crippen LogP contribution in [0, 0.1) is 20.8 Å². The molecule has 0 saturated carbocycles. The number of carbonyl (C=O) groups is 1. The first-order chi connectivity index (χ1) is 12.6. The molecule has 0 saturated heterocycles. The van der Waals surface area contributed by atoms with Crippen LogP contribution in [0.25, 0.3) is 17.2 Å². The van der Waals surface area contributed by atoms with Crippen LogP contribution in [0.2, 0.25) is 0 Å². The molecule has 0 fully saturated rings. The fourth-order valence-corrected chi connectivity index (χ4v) is 3.13. The van der Waals surface area contributed by atoms with E-state index in [1.165, 1.54) is 5.56 Å². The van der Waals surface area contributed by atoms with Crippen molar-refractivity contribution < 1.29 is 4.79 Å². The Morgan fingerprint density at radius 2 is 1.81 bits per heavy atom. The molecule has 0 radical (unpaired) electrons. The lowest BCUT2D eigenvalue weighted by atomic mass is 10.1. The van der Waals surface area contributed by atoms with Crippen molar-refractivity contribution in [3.63, 3.8) is 0 Å². The van der Waals surface area contributed by atoms with E-state index in [1.807, 2.05) is 36.7 Å². The third kappa shape index (κ3) is 3.77. The Bertz CT molecular complexity index is 1010. The lowest BCUT2D eigenvalue weighted by Gasteiger charge is -2.22. The molecule has 1 aromatic carbocycles. The molecule has 27 heavy (non-hydrogen) atoms. The first-order valence-corrected chi connectivity index (χ1v) is 8.95. The fraction of sp³-hybridized carbons (Fsp3) is 0.400. The largest absolute Gasteiger partial charge is 0.369 e. The van der Waals surface area contributed by atoms with Gasteiger partial charge in [0, 0.05) is 0 Å². The molecule has 3 aromatic rings. The predicted octanol–water partition coefficient (Wildman–Crippen LogP) is 2.84. The normalized spacial score (nSPS) is 11.8. The number of nitrogens with zero attached hydrogens (tertiary/aromatic N) is 5. The molecule has 3 rings (SSSR count). The Morgan fingerprint density at radius 3 is 2.41 bits per heavy atom. The maximum atomic E-state index is 11.4. The van der Waals surface area contributed by atoms with E-state index in [0.29, 0.717) is 11.6 Å². The number of primary amides is 1. The second-order valence-corrected chi connectivity index (χ2v) is 7.95. The fourth-order valence-electron chi connectivity index (χ4n) is 3.13. The van der Waals surface area contributed by atoms with E-state index in [1.54, 1.807) is 4.68 Å². The number of carbonyl (C=O) groups excluding carboxylic acids is 1. The summed E-state index contributed by atoms with van der Waals surface area (Å²) in [5, 5.41) is 9.23. The maximum absolute atomic E-state index is 11.4. The van der Waals surface area contributed by atoms with Gasteiger partial charge in [0.1, 0.15) is 5.69 Å². The number of nitrogens with two attached hydrogens (primary N) is 1. The lowest BCUT2D eigenvalue weighted by molar-refractivity contribution is -0.117. The number of aryl methyl sites for hydroxylation is 3. The molecule has 2 aromatic heterocycles. The highest BCUT2D eigenvalue weighted by Crippen LogP contribution is 2.28. The molecule has 142 valence electrons. The molecule has 0 spiro atoms. The molecule has 0 atom stereocenters. The summed E-state index contributed by atoms with van der Waals surface area (Å²) >= 11 is 0. The second kappa shape index (κ2) is 6.64. The Balaban J connectivity index is 2.26. The zero-order chi connectivity index (χ0) is 19.9. The van der Waals surface area contributed by atoms with Gasteiger partial charge >= 0.3 is 0 Å². The van der Waals surface area contributed by atoms with Crippen LogP contribution < -0.4 is 5.73 Å². The minimum absolute atomic E-state index is 0.00640. The Morgan fingerprint density at radius 1 is 1.11 bits per heavy atom. The molecule has 2 heterocycles. The van der Waals surface area contributed by atoms with Gasteiger partial charge in [-0.25, -0.2) is 9.67 Å². The van der Waals surface area contributed by atoms with Crippen molar-refractivity contribution >= 4 is 5.91 Å². The Kier molecular flexibility index (Phi) is 4.63. The molecule has 0 aliphatic heterocycles. The molecule has 7 heteroatoms. The number of hydrogen-bond acceptors (Lipinski definition) is 4. The number of aromatic nitrogens is 5. The van der Waals surface area contributed by atoms with Crippen LogP contribution in [0.3, 0.4) is 0 Å². The van der Waals surface area contributed by atoms with Crippen molar-refractivity contribution in [2.24, 2.45) is 5.73 Å². The van der Waals surface area contributed by atoms with Crippen molar-refractivity contribution in [2.75, 3.05) is 0 Å². The average molecular weight is 366 g/mol. The lowest BCUT2D eigenvalue weighted by Crippen LogP contribution is -2.24. The maximum Gasteiger partial charge on any atom is 0.225 e. The van der Waals surface area contributed by atoms with Gasteiger partial charge in [-0.1, -0.05) is 17.7 Å². The van der Waals surface area contributed by atoms with Gasteiger partial charge in [0.2, 0.25) is 5.91 Å². The summed E-state index contributed by atoms with van der Waals surface area (Å²) < 4.78 is 3.73. The quantitative estimate of drug-likeness (QED) is 0.768. The highest BCUT2D eigenvalue weighted by atomic mass is 16.1. The molecular formula is C20H26N6O. The van der Waals surface area contributed by atoms with Crippen molar-refractivity contribution in [2.45, 2.75) is 53.5 Å². The third-order valence-corrected chi connectivity index (χ3v) is 4.26. The zero-order valence-electron chi connectivity index (χ0n) is 16.7. The molecule has 2 N–H and O–H groups in total. The number of rotatable bonds is 4. The monoisotopic (exact) mass is 366 g/mol. The first-order valence-electron chi connectivity index (χ1n) is 8.95. The van der Waals surface area contributed by atoms with Crippen LogP contribution >= 0.6 is 0 Å². The molecule has 0 aliphatic carbocycles. The Hall–Kier alpha value is -2.96. The summed E-state index contributed by atoms with van der Waals surface area (Å²) in [7, 11) is 0. The van der Waals surface area contributed by atoms with Crippen molar-refractivity contribution in [1.82, 2.24) is 24.5 Å². The summed E-state index contributed by atoms with van der Waals surface area (Å²) in [6.45, 7) is 12.3. The summed E-state index contributed by atoms with van der Waals surface area (Å²) in [5.41, 5.74) is 10.0. The van der Waals surface area contributed by atoms with Gasteiger partial charge in [-0.3, -0.25) is 9.48 Å². The number of benzene rings is 1. The second-order valence-electron chi connectivity index (χ2n) is 7.95. The SMILES string of the molecule is Cc1ccc(-n2nc(CC(N)=O)nc2-c2cc(C)nn2C(C)(C)C)c(C)c1. The van der Waals surface area contributed by atoms with Gasteiger partial charge in [-0.15, -0.1) is 0 Å². The summed E-state index contributed by atoms with van der Waals surface area (Å²) in [4.78, 5) is 16.1. The molecule has 0 unspecified atom stereocenters. The van der Waals surface area contributed by atoms with Crippen LogP contribution in [0.4, 0.5) is 0 Å². The zero-order valence-corrected chi connectivity index (χ0v) is 16.7. The summed E-state index contributed by atoms with van der Waals surface area (Å²) in [6.07, 6.45) is -0.00640. The highest BCUT2D eigenvalue weighted by Gasteiger charge is 2.25. The summed E-state index contributed by atoms with van der Waals surface area (Å²) in [5.74, 6) is 0.588. The van der Waals surface area contributed by atoms with Crippen LogP contribution in [0.15, 0.2) is 24.3 Å². The third-order valence-electron chi connectivity index (χ3n) is 4.26. The predicted molar refractivity (Wildman–Crippen MR) is 105 cm³/mol. The molecular weight excluding hydrogens is 340 g/mol. The van der Waals surface area contributed by atoms with Gasteiger partial charge in [-0.2, -0.15) is 10.2 Å². The van der Waals surface area contributed by atoms with Crippen LogP contribution in [-0.2, 0) is 16.8 Å². The van der Waals surface area contributed by atoms with E-state index in [4.69, 9.17) is 5.73 Å². The van der Waals surface area contributed by atoms with Crippen molar-refractivity contribution in [1.29, 1.82) is 0 Å². The standard InChI is InChI=1S/C20H26N6O/c1-12-7-8-15(13(2)9-12)25-19(22-18(24-25)11-17(21)27)16-10-14(3)23-26(16)20(4,5)6/h7-10H,11H2,1-6H3,(H2,21,27). The van der Waals surface area contributed by atoms with E-state index in [0.717, 1.165) is 22.6 Å². The minimum Gasteiger partial charge on any atom is -0.369 e. The van der Waals surface area contributed by atoms with Gasteiger partial charge in [0.15, 0.2) is 11.6 Å². The van der Waals surface area contributed by atoms with E-state index in [9.17, 15) is 4.79 Å². The van der Waals surface area contributed by atoms with E-state index < -0.39 is 5.91 Å². The smallest absolute Gasteiger partial charge is 0.225 e. The van der Waals surface area contributed by atoms with E-state index >= 15 is 0 Å². The van der Waals surface area contributed by atoms with Gasteiger partial charge < -0.3 is 5.73 Å². The molecule has 7 nitrogen and oxygen atoms in total. The molecule has 1 amide bonds. The van der Waals surface area contributed by atoms with Gasteiger partial charge in [0.05, 0.1) is 23.3 Å². The Labute approximate surface area is 159 Å². The molecule has 0 bridgehead atoms. The highest BCUT2D eigenvalue weighted by molar-refractivity contribution is 5.75. The van der Waals surface area contributed by atoms with E-state index in [-0.39, 0.29) is 12.0 Å². The van der Waals surface area contributed by atoms with E-state index in [2.05, 4.69) is 48.9 Å². The van der Waals surface area contributed by atoms with Crippen LogP contribution in [0.1, 0.15) is 43.4 Å². The summed E-state index contributed by atoms with van der Waals surface area (Å²) in [6, 6.07) is 8.14. The topological polar surface area (TPSA) is 91.6 Å².